The maximum atomic E-state index is 12.9. The molecule has 1 N–H and O–H groups in total. The van der Waals surface area contributed by atoms with E-state index in [4.69, 9.17) is 4.74 Å². The summed E-state index contributed by atoms with van der Waals surface area (Å²) in [6.07, 6.45) is 7.15. The number of rotatable bonds is 6. The quantitative estimate of drug-likeness (QED) is 0.660. The highest BCUT2D eigenvalue weighted by atomic mass is 16.5. The van der Waals surface area contributed by atoms with E-state index in [1.54, 1.807) is 24.1 Å². The second-order valence-corrected chi connectivity index (χ2v) is 8.43. The highest BCUT2D eigenvalue weighted by Crippen LogP contribution is 2.39. The SMILES string of the molecule is CCCCn1cc(-c2cc(OC)c(C(C)(C)C)cc2CO)c2ccncc2c1=O. The summed E-state index contributed by atoms with van der Waals surface area (Å²) in [6, 6.07) is 5.86. The van der Waals surface area contributed by atoms with Gasteiger partial charge in [0.15, 0.2) is 0 Å². The molecule has 0 aliphatic heterocycles. The molecule has 5 heteroatoms. The largest absolute Gasteiger partial charge is 0.496 e. The Bertz CT molecular complexity index is 1080. The Kier molecular flexibility index (Phi) is 6.08. The Balaban J connectivity index is 2.35. The van der Waals surface area contributed by atoms with Gasteiger partial charge < -0.3 is 14.4 Å². The standard InChI is InChI=1S/C24H30N2O3/c1-6-7-10-26-14-20(17-8-9-25-13-19(17)23(26)28)18-12-22(29-5)21(24(2,3)4)11-16(18)15-27/h8-9,11-14,27H,6-7,10,15H2,1-5H3. The first-order valence-electron chi connectivity index (χ1n) is 10.1. The molecular weight excluding hydrogens is 364 g/mol. The van der Waals surface area contributed by atoms with E-state index in [0.717, 1.165) is 46.2 Å². The molecule has 0 amide bonds. The second kappa shape index (κ2) is 8.37. The minimum absolute atomic E-state index is 0.0332. The molecule has 1 aromatic carbocycles. The van der Waals surface area contributed by atoms with Crippen LogP contribution in [0.2, 0.25) is 0 Å². The third-order valence-corrected chi connectivity index (χ3v) is 5.33. The number of pyridine rings is 2. The van der Waals surface area contributed by atoms with Crippen LogP contribution in [-0.2, 0) is 18.6 Å². The summed E-state index contributed by atoms with van der Waals surface area (Å²) in [5, 5.41) is 11.6. The minimum atomic E-state index is -0.125. The number of aromatic nitrogens is 2. The van der Waals surface area contributed by atoms with Crippen LogP contribution in [0.15, 0.2) is 41.6 Å². The average molecular weight is 395 g/mol. The van der Waals surface area contributed by atoms with Crippen molar-refractivity contribution in [3.8, 4) is 16.9 Å². The molecular formula is C24H30N2O3. The van der Waals surface area contributed by atoms with Gasteiger partial charge in [-0.25, -0.2) is 0 Å². The lowest BCUT2D eigenvalue weighted by molar-refractivity contribution is 0.281. The van der Waals surface area contributed by atoms with E-state index < -0.39 is 0 Å². The van der Waals surface area contributed by atoms with Gasteiger partial charge in [0.05, 0.1) is 19.1 Å². The normalized spacial score (nSPS) is 11.8. The number of aliphatic hydroxyl groups excluding tert-OH is 1. The smallest absolute Gasteiger partial charge is 0.260 e. The third kappa shape index (κ3) is 4.06. The lowest BCUT2D eigenvalue weighted by Crippen LogP contribution is -2.20. The zero-order valence-electron chi connectivity index (χ0n) is 18.0. The molecule has 154 valence electrons. The van der Waals surface area contributed by atoms with E-state index in [1.165, 1.54) is 0 Å². The van der Waals surface area contributed by atoms with Crippen molar-refractivity contribution in [2.24, 2.45) is 0 Å². The van der Waals surface area contributed by atoms with Crippen molar-refractivity contribution < 1.29 is 9.84 Å². The summed E-state index contributed by atoms with van der Waals surface area (Å²) in [7, 11) is 1.66. The Hall–Kier alpha value is -2.66. The average Bonchev–Trinajstić information content (AvgIpc) is 2.71. The first-order chi connectivity index (χ1) is 13.8. The van der Waals surface area contributed by atoms with Crippen LogP contribution in [0.4, 0.5) is 0 Å². The molecule has 0 radical (unpaired) electrons. The van der Waals surface area contributed by atoms with Crippen LogP contribution < -0.4 is 10.3 Å². The number of fused-ring (bicyclic) bond motifs is 1. The highest BCUT2D eigenvalue weighted by molar-refractivity contribution is 5.96. The molecule has 0 saturated heterocycles. The number of ether oxygens (including phenoxy) is 1. The minimum Gasteiger partial charge on any atom is -0.496 e. The Morgan fingerprint density at radius 1 is 1.17 bits per heavy atom. The highest BCUT2D eigenvalue weighted by Gasteiger charge is 2.23. The van der Waals surface area contributed by atoms with Crippen molar-refractivity contribution in [1.29, 1.82) is 0 Å². The summed E-state index contributed by atoms with van der Waals surface area (Å²) in [4.78, 5) is 17.1. The van der Waals surface area contributed by atoms with Crippen molar-refractivity contribution in [2.45, 2.75) is 59.1 Å². The second-order valence-electron chi connectivity index (χ2n) is 8.43. The molecule has 0 unspecified atom stereocenters. The Morgan fingerprint density at radius 2 is 1.93 bits per heavy atom. The molecule has 0 saturated carbocycles. The molecule has 3 aromatic rings. The first kappa shape index (κ1) is 21.1. The summed E-state index contributed by atoms with van der Waals surface area (Å²) >= 11 is 0. The number of benzene rings is 1. The molecule has 0 bridgehead atoms. The van der Waals surface area contributed by atoms with E-state index >= 15 is 0 Å². The molecule has 3 rings (SSSR count). The van der Waals surface area contributed by atoms with Crippen molar-refractivity contribution in [1.82, 2.24) is 9.55 Å². The number of unbranched alkanes of at least 4 members (excludes halogenated alkanes) is 1. The van der Waals surface area contributed by atoms with E-state index in [-0.39, 0.29) is 17.6 Å². The maximum absolute atomic E-state index is 12.9. The summed E-state index contributed by atoms with van der Waals surface area (Å²) in [6.45, 7) is 9.03. The molecule has 5 nitrogen and oxygen atoms in total. The van der Waals surface area contributed by atoms with Crippen LogP contribution in [-0.4, -0.2) is 21.8 Å². The van der Waals surface area contributed by atoms with Crippen LogP contribution in [0, 0.1) is 0 Å². The first-order valence-corrected chi connectivity index (χ1v) is 10.1. The van der Waals surface area contributed by atoms with Crippen molar-refractivity contribution in [3.05, 3.63) is 58.3 Å². The molecule has 29 heavy (non-hydrogen) atoms. The molecule has 0 atom stereocenters. The maximum Gasteiger partial charge on any atom is 0.260 e. The van der Waals surface area contributed by atoms with Gasteiger partial charge in [0.25, 0.3) is 5.56 Å². The number of aryl methyl sites for hydroxylation is 1. The zero-order chi connectivity index (χ0) is 21.2. The third-order valence-electron chi connectivity index (χ3n) is 5.33. The number of nitrogens with zero attached hydrogens (tertiary/aromatic N) is 2. The summed E-state index contributed by atoms with van der Waals surface area (Å²) in [5.41, 5.74) is 3.47. The van der Waals surface area contributed by atoms with Gasteiger partial charge in [0.2, 0.25) is 0 Å². The Labute approximate surface area is 172 Å². The van der Waals surface area contributed by atoms with Crippen LogP contribution in [0.25, 0.3) is 21.9 Å². The van der Waals surface area contributed by atoms with Crippen molar-refractivity contribution >= 4 is 10.8 Å². The van der Waals surface area contributed by atoms with E-state index in [1.807, 2.05) is 24.4 Å². The van der Waals surface area contributed by atoms with Gasteiger partial charge in [-0.1, -0.05) is 34.1 Å². The van der Waals surface area contributed by atoms with Gasteiger partial charge in [-0.2, -0.15) is 0 Å². The fraction of sp³-hybridized carbons (Fsp3) is 0.417. The number of hydrogen-bond donors (Lipinski definition) is 1. The van der Waals surface area contributed by atoms with Gasteiger partial charge in [-0.15, -0.1) is 0 Å². The molecule has 0 spiro atoms. The number of aliphatic hydroxyl groups is 1. The fourth-order valence-corrected chi connectivity index (χ4v) is 3.71. The lowest BCUT2D eigenvalue weighted by Gasteiger charge is -2.25. The van der Waals surface area contributed by atoms with E-state index in [2.05, 4.69) is 32.7 Å². The number of methoxy groups -OCH3 is 1. The zero-order valence-corrected chi connectivity index (χ0v) is 18.0. The van der Waals surface area contributed by atoms with E-state index in [9.17, 15) is 9.90 Å². The summed E-state index contributed by atoms with van der Waals surface area (Å²) < 4.78 is 7.46. The van der Waals surface area contributed by atoms with Gasteiger partial charge in [0, 0.05) is 30.7 Å². The molecule has 2 aromatic heterocycles. The van der Waals surface area contributed by atoms with Crippen molar-refractivity contribution in [2.75, 3.05) is 7.11 Å². The van der Waals surface area contributed by atoms with Crippen LogP contribution in [0.3, 0.4) is 0 Å². The van der Waals surface area contributed by atoms with Gasteiger partial charge in [0.1, 0.15) is 5.75 Å². The fourth-order valence-electron chi connectivity index (χ4n) is 3.71. The monoisotopic (exact) mass is 394 g/mol. The molecule has 0 aliphatic rings. The lowest BCUT2D eigenvalue weighted by atomic mass is 9.83. The van der Waals surface area contributed by atoms with Crippen LogP contribution in [0.5, 0.6) is 5.75 Å². The number of hydrogen-bond acceptors (Lipinski definition) is 4. The predicted molar refractivity (Wildman–Crippen MR) is 118 cm³/mol. The Morgan fingerprint density at radius 3 is 2.55 bits per heavy atom. The molecule has 0 fully saturated rings. The summed E-state index contributed by atoms with van der Waals surface area (Å²) in [5.74, 6) is 0.776. The van der Waals surface area contributed by atoms with Gasteiger partial charge in [-0.3, -0.25) is 9.78 Å². The molecule has 2 heterocycles. The van der Waals surface area contributed by atoms with Crippen molar-refractivity contribution in [3.63, 3.8) is 0 Å². The van der Waals surface area contributed by atoms with Gasteiger partial charge in [-0.05, 0) is 52.1 Å². The van der Waals surface area contributed by atoms with Gasteiger partial charge >= 0.3 is 0 Å². The molecule has 0 aliphatic carbocycles. The predicted octanol–water partition coefficient (Wildman–Crippen LogP) is 4.66. The topological polar surface area (TPSA) is 64.3 Å². The van der Waals surface area contributed by atoms with Crippen LogP contribution >= 0.6 is 0 Å². The van der Waals surface area contributed by atoms with E-state index in [0.29, 0.717) is 11.9 Å². The van der Waals surface area contributed by atoms with Crippen LogP contribution in [0.1, 0.15) is 51.7 Å².